The highest BCUT2D eigenvalue weighted by molar-refractivity contribution is 7.99. The van der Waals surface area contributed by atoms with Crippen molar-refractivity contribution in [2.24, 2.45) is 7.05 Å². The molecule has 1 aromatic carbocycles. The van der Waals surface area contributed by atoms with E-state index in [9.17, 15) is 14.4 Å². The Kier molecular flexibility index (Phi) is 3.63. The van der Waals surface area contributed by atoms with Crippen molar-refractivity contribution in [2.75, 3.05) is 5.75 Å². The molecule has 0 fully saturated rings. The highest BCUT2D eigenvalue weighted by atomic mass is 32.2. The largest absolute Gasteiger partial charge is 0.343 e. The summed E-state index contributed by atoms with van der Waals surface area (Å²) < 4.78 is 1.64. The molecule has 3 rings (SSSR count). The molecule has 0 N–H and O–H groups in total. The number of thioether (sulfide) groups is 1. The van der Waals surface area contributed by atoms with E-state index in [4.69, 9.17) is 4.84 Å². The molecule has 1 aromatic heterocycles. The van der Waals surface area contributed by atoms with E-state index in [1.807, 2.05) is 0 Å². The minimum absolute atomic E-state index is 0.0973. The van der Waals surface area contributed by atoms with Gasteiger partial charge in [-0.2, -0.15) is 0 Å². The Hall–Kier alpha value is -2.68. The fourth-order valence-electron chi connectivity index (χ4n) is 1.90. The Morgan fingerprint density at radius 1 is 1.23 bits per heavy atom. The lowest BCUT2D eigenvalue weighted by molar-refractivity contribution is -0.165. The monoisotopic (exact) mass is 318 g/mol. The van der Waals surface area contributed by atoms with Crippen LogP contribution in [0.4, 0.5) is 0 Å². The van der Waals surface area contributed by atoms with E-state index in [1.165, 1.54) is 18.5 Å². The molecule has 2 amide bonds. The van der Waals surface area contributed by atoms with Crippen LogP contribution < -0.4 is 0 Å². The summed E-state index contributed by atoms with van der Waals surface area (Å²) in [6.07, 6.45) is 1.50. The van der Waals surface area contributed by atoms with Crippen molar-refractivity contribution >= 4 is 29.5 Å². The molecule has 8 nitrogen and oxygen atoms in total. The Bertz CT molecular complexity index is 738. The zero-order chi connectivity index (χ0) is 15.7. The summed E-state index contributed by atoms with van der Waals surface area (Å²) in [7, 11) is 1.73. The number of imide groups is 1. The summed E-state index contributed by atoms with van der Waals surface area (Å²) in [6, 6.07) is 6.30. The van der Waals surface area contributed by atoms with E-state index in [1.54, 1.807) is 23.7 Å². The molecule has 0 saturated heterocycles. The van der Waals surface area contributed by atoms with Crippen molar-refractivity contribution in [1.29, 1.82) is 0 Å². The second kappa shape index (κ2) is 5.60. The summed E-state index contributed by atoms with van der Waals surface area (Å²) >= 11 is 1.10. The highest BCUT2D eigenvalue weighted by Crippen LogP contribution is 2.23. The molecule has 0 bridgehead atoms. The third kappa shape index (κ3) is 2.46. The molecule has 0 unspecified atom stereocenters. The molecule has 0 atom stereocenters. The smallest absolute Gasteiger partial charge is 0.329 e. The predicted octanol–water partition coefficient (Wildman–Crippen LogP) is 0.662. The Balaban J connectivity index is 1.64. The van der Waals surface area contributed by atoms with Crippen LogP contribution in [0.1, 0.15) is 20.7 Å². The first-order valence-electron chi connectivity index (χ1n) is 6.23. The molecule has 22 heavy (non-hydrogen) atoms. The summed E-state index contributed by atoms with van der Waals surface area (Å²) in [5, 5.41) is 8.50. The van der Waals surface area contributed by atoms with Gasteiger partial charge in [-0.3, -0.25) is 9.59 Å². The standard InChI is InChI=1S/C13H10N4O4S/c1-16-7-14-15-13(16)22-6-10(18)21-17-11(19)8-4-2-3-5-9(8)12(17)20/h2-5,7H,6H2,1H3. The minimum Gasteiger partial charge on any atom is -0.329 e. The summed E-state index contributed by atoms with van der Waals surface area (Å²) in [5.74, 6) is -2.10. The molecule has 112 valence electrons. The Morgan fingerprint density at radius 2 is 1.86 bits per heavy atom. The first-order valence-corrected chi connectivity index (χ1v) is 7.22. The first-order chi connectivity index (χ1) is 10.6. The molecule has 2 heterocycles. The highest BCUT2D eigenvalue weighted by Gasteiger charge is 2.38. The number of hydrogen-bond donors (Lipinski definition) is 0. The van der Waals surface area contributed by atoms with Crippen LogP contribution in [0.15, 0.2) is 35.7 Å². The maximum Gasteiger partial charge on any atom is 0.343 e. The maximum atomic E-state index is 12.0. The van der Waals surface area contributed by atoms with Gasteiger partial charge in [-0.15, -0.1) is 10.2 Å². The Labute approximate surface area is 129 Å². The molecule has 0 spiro atoms. The van der Waals surface area contributed by atoms with Crippen molar-refractivity contribution in [1.82, 2.24) is 19.8 Å². The molecule has 9 heteroatoms. The SMILES string of the molecule is Cn1cnnc1SCC(=O)ON1C(=O)c2ccccc2C1=O. The molecule has 0 aliphatic carbocycles. The number of fused-ring (bicyclic) bond motifs is 1. The topological polar surface area (TPSA) is 94.4 Å². The van der Waals surface area contributed by atoms with E-state index < -0.39 is 17.8 Å². The average Bonchev–Trinajstić information content (AvgIpc) is 3.03. The molecule has 0 saturated carbocycles. The van der Waals surface area contributed by atoms with Crippen LogP contribution in [0.5, 0.6) is 0 Å². The van der Waals surface area contributed by atoms with Gasteiger partial charge in [0.05, 0.1) is 11.1 Å². The third-order valence-corrected chi connectivity index (χ3v) is 3.95. The summed E-state index contributed by atoms with van der Waals surface area (Å²) in [6.45, 7) is 0. The second-order valence-electron chi connectivity index (χ2n) is 4.43. The van der Waals surface area contributed by atoms with E-state index in [2.05, 4.69) is 10.2 Å². The molecule has 2 aromatic rings. The average molecular weight is 318 g/mol. The van der Waals surface area contributed by atoms with Crippen molar-refractivity contribution in [2.45, 2.75) is 5.16 Å². The van der Waals surface area contributed by atoms with Crippen LogP contribution >= 0.6 is 11.8 Å². The lowest BCUT2D eigenvalue weighted by Crippen LogP contribution is -2.33. The summed E-state index contributed by atoms with van der Waals surface area (Å²) in [4.78, 5) is 40.7. The second-order valence-corrected chi connectivity index (χ2v) is 5.37. The lowest BCUT2D eigenvalue weighted by Gasteiger charge is -2.12. The first kappa shape index (κ1) is 14.3. The van der Waals surface area contributed by atoms with Crippen LogP contribution in [-0.4, -0.2) is 43.4 Å². The van der Waals surface area contributed by atoms with Crippen molar-refractivity contribution in [3.8, 4) is 0 Å². The van der Waals surface area contributed by atoms with Crippen LogP contribution in [0.2, 0.25) is 0 Å². The normalized spacial score (nSPS) is 13.4. The Morgan fingerprint density at radius 3 is 2.41 bits per heavy atom. The van der Waals surface area contributed by atoms with E-state index in [0.717, 1.165) is 11.8 Å². The van der Waals surface area contributed by atoms with E-state index >= 15 is 0 Å². The minimum atomic E-state index is -0.720. The van der Waals surface area contributed by atoms with Crippen molar-refractivity contribution in [3.05, 3.63) is 41.7 Å². The zero-order valence-electron chi connectivity index (χ0n) is 11.4. The van der Waals surface area contributed by atoms with Gasteiger partial charge in [-0.1, -0.05) is 29.0 Å². The number of nitrogens with zero attached hydrogens (tertiary/aromatic N) is 4. The van der Waals surface area contributed by atoms with Gasteiger partial charge in [-0.05, 0) is 12.1 Å². The molecular weight excluding hydrogens is 308 g/mol. The number of aromatic nitrogens is 3. The van der Waals surface area contributed by atoms with Gasteiger partial charge in [0.15, 0.2) is 5.16 Å². The zero-order valence-corrected chi connectivity index (χ0v) is 12.2. The number of carbonyl (C=O) groups is 3. The van der Waals surface area contributed by atoms with Crippen LogP contribution in [0.3, 0.4) is 0 Å². The molecular formula is C13H10N4O4S. The van der Waals surface area contributed by atoms with Gasteiger partial charge < -0.3 is 9.40 Å². The van der Waals surface area contributed by atoms with Gasteiger partial charge in [-0.25, -0.2) is 4.79 Å². The number of rotatable bonds is 4. The van der Waals surface area contributed by atoms with Gasteiger partial charge in [0.2, 0.25) is 0 Å². The van der Waals surface area contributed by atoms with Gasteiger partial charge in [0.25, 0.3) is 11.8 Å². The lowest BCUT2D eigenvalue weighted by atomic mass is 10.1. The van der Waals surface area contributed by atoms with E-state index in [-0.39, 0.29) is 16.9 Å². The molecule has 1 aliphatic rings. The van der Waals surface area contributed by atoms with Crippen LogP contribution in [-0.2, 0) is 16.7 Å². The number of hydrogen-bond acceptors (Lipinski definition) is 7. The van der Waals surface area contributed by atoms with Crippen LogP contribution in [0.25, 0.3) is 0 Å². The fourth-order valence-corrected chi connectivity index (χ4v) is 2.56. The van der Waals surface area contributed by atoms with Gasteiger partial charge in [0, 0.05) is 7.05 Å². The summed E-state index contributed by atoms with van der Waals surface area (Å²) in [5.41, 5.74) is 0.447. The maximum absolute atomic E-state index is 12.0. The van der Waals surface area contributed by atoms with Crippen molar-refractivity contribution in [3.63, 3.8) is 0 Å². The van der Waals surface area contributed by atoms with Gasteiger partial charge in [0.1, 0.15) is 12.1 Å². The number of amides is 2. The number of hydroxylamine groups is 2. The van der Waals surface area contributed by atoms with Gasteiger partial charge >= 0.3 is 5.97 Å². The predicted molar refractivity (Wildman–Crippen MR) is 74.8 cm³/mol. The molecule has 1 aliphatic heterocycles. The van der Waals surface area contributed by atoms with E-state index in [0.29, 0.717) is 10.2 Å². The van der Waals surface area contributed by atoms with Crippen LogP contribution in [0, 0.1) is 0 Å². The molecule has 0 radical (unpaired) electrons. The fraction of sp³-hybridized carbons (Fsp3) is 0.154. The third-order valence-electron chi connectivity index (χ3n) is 2.94. The quantitative estimate of drug-likeness (QED) is 0.604. The number of carbonyl (C=O) groups excluding carboxylic acids is 3. The number of aryl methyl sites for hydroxylation is 1. The number of benzene rings is 1. The van der Waals surface area contributed by atoms with Crippen molar-refractivity contribution < 1.29 is 19.2 Å².